The van der Waals surface area contributed by atoms with E-state index in [1.54, 1.807) is 13.2 Å². The number of fused-ring (bicyclic) bond motifs is 2. The first-order valence-electron chi connectivity index (χ1n) is 15.4. The smallest absolute Gasteiger partial charge is 0.263 e. The molecule has 43 heavy (non-hydrogen) atoms. The highest BCUT2D eigenvalue weighted by atomic mass is 35.5. The molecular formula is C34H43ClN2O5S. The van der Waals surface area contributed by atoms with Crippen LogP contribution in [0.2, 0.25) is 5.02 Å². The summed E-state index contributed by atoms with van der Waals surface area (Å²) in [6.45, 7) is 7.89. The van der Waals surface area contributed by atoms with Crippen molar-refractivity contribution in [3.05, 3.63) is 70.3 Å². The summed E-state index contributed by atoms with van der Waals surface area (Å²) in [4.78, 5) is 28.3. The number of allylic oxidation sites excluding steroid dienone is 1. The van der Waals surface area contributed by atoms with Crippen molar-refractivity contribution in [3.8, 4) is 5.75 Å². The van der Waals surface area contributed by atoms with Crippen molar-refractivity contribution in [1.29, 1.82) is 0 Å². The molecule has 0 saturated heterocycles. The summed E-state index contributed by atoms with van der Waals surface area (Å²) in [6, 6.07) is 11.6. The Balaban J connectivity index is 1.57. The second-order valence-electron chi connectivity index (χ2n) is 12.4. The van der Waals surface area contributed by atoms with E-state index in [1.807, 2.05) is 44.2 Å². The van der Waals surface area contributed by atoms with Gasteiger partial charge in [0.05, 0.1) is 17.5 Å². The highest BCUT2D eigenvalue weighted by molar-refractivity contribution is 7.84. The standard InChI is InChI=1S/C34H43ClN2O5S/c1-5-7-24-16-28(35)11-12-29(24)27-19-37-18-26-9-13-30(26)34(21-38,41-4)15-6-8-22(2)23(3)43(40)36-33(39)25-10-14-32(42-20-27)31(37)17-25/h6,10-12,14-17,21-23,26-27,30H,5,7-9,13,18-20H2,1-4H3,(H,36,39)/b15-6+. The summed E-state index contributed by atoms with van der Waals surface area (Å²) >= 11 is 6.40. The minimum atomic E-state index is -1.58. The van der Waals surface area contributed by atoms with Crippen LogP contribution in [0.5, 0.6) is 5.75 Å². The zero-order valence-electron chi connectivity index (χ0n) is 25.5. The van der Waals surface area contributed by atoms with Gasteiger partial charge in [-0.15, -0.1) is 0 Å². The highest BCUT2D eigenvalue weighted by Gasteiger charge is 2.47. The maximum atomic E-state index is 13.3. The predicted molar refractivity (Wildman–Crippen MR) is 172 cm³/mol. The second kappa shape index (κ2) is 13.5. The van der Waals surface area contributed by atoms with Gasteiger partial charge in [-0.3, -0.25) is 14.3 Å². The first kappa shape index (κ1) is 31.7. The molecule has 1 saturated carbocycles. The van der Waals surface area contributed by atoms with E-state index < -0.39 is 16.6 Å². The van der Waals surface area contributed by atoms with Crippen LogP contribution in [0.4, 0.5) is 5.69 Å². The molecule has 7 unspecified atom stereocenters. The van der Waals surface area contributed by atoms with Crippen LogP contribution in [-0.2, 0) is 26.9 Å². The van der Waals surface area contributed by atoms with Crippen LogP contribution in [0.15, 0.2) is 48.6 Å². The van der Waals surface area contributed by atoms with Crippen LogP contribution in [0.25, 0.3) is 0 Å². The molecule has 0 radical (unpaired) electrons. The third-order valence-electron chi connectivity index (χ3n) is 9.71. The molecule has 9 heteroatoms. The van der Waals surface area contributed by atoms with E-state index in [2.05, 4.69) is 28.7 Å². The van der Waals surface area contributed by atoms with Crippen LogP contribution >= 0.6 is 11.6 Å². The zero-order valence-corrected chi connectivity index (χ0v) is 27.1. The van der Waals surface area contributed by atoms with Crippen LogP contribution in [0, 0.1) is 17.8 Å². The molecule has 0 spiro atoms. The lowest BCUT2D eigenvalue weighted by Crippen LogP contribution is -2.52. The number of halogens is 1. The van der Waals surface area contributed by atoms with Gasteiger partial charge in [0.15, 0.2) is 6.29 Å². The Hall–Kier alpha value is -2.68. The second-order valence-corrected chi connectivity index (χ2v) is 14.3. The van der Waals surface area contributed by atoms with Gasteiger partial charge >= 0.3 is 0 Å². The van der Waals surface area contributed by atoms with E-state index in [0.717, 1.165) is 42.7 Å². The van der Waals surface area contributed by atoms with E-state index in [-0.39, 0.29) is 34.8 Å². The zero-order chi connectivity index (χ0) is 30.7. The molecule has 1 N–H and O–H groups in total. The Morgan fingerprint density at radius 2 is 2.00 bits per heavy atom. The third-order valence-corrected chi connectivity index (χ3v) is 11.5. The lowest BCUT2D eigenvalue weighted by molar-refractivity contribution is -0.135. The van der Waals surface area contributed by atoms with Crippen LogP contribution in [-0.4, -0.2) is 54.1 Å². The lowest BCUT2D eigenvalue weighted by Gasteiger charge is -2.47. The summed E-state index contributed by atoms with van der Waals surface area (Å²) < 4.78 is 28.3. The number of ether oxygens (including phenoxy) is 2. The molecule has 0 aromatic heterocycles. The Bertz CT molecular complexity index is 1400. The number of hydrogen-bond acceptors (Lipinski definition) is 6. The SMILES string of the molecule is CCCc1cc(Cl)ccc1C1COc2ccc3cc2N(C1)CC1CCC1C(C=O)(OC)/C=C/CC(C)C(C)S(=O)NC3=O. The molecule has 2 bridgehead atoms. The number of nitrogens with one attached hydrogen (secondary N) is 1. The number of nitrogens with zero attached hydrogens (tertiary/aromatic N) is 1. The molecule has 1 fully saturated rings. The Morgan fingerprint density at radius 1 is 1.19 bits per heavy atom. The van der Waals surface area contributed by atoms with Gasteiger partial charge in [0.1, 0.15) is 22.3 Å². The molecule has 1 amide bonds. The Labute approximate surface area is 262 Å². The van der Waals surface area contributed by atoms with Crippen molar-refractivity contribution in [3.63, 3.8) is 0 Å². The number of benzene rings is 2. The number of aldehydes is 1. The molecule has 7 nitrogen and oxygen atoms in total. The molecule has 3 aliphatic rings. The van der Waals surface area contributed by atoms with E-state index >= 15 is 0 Å². The number of anilines is 1. The topological polar surface area (TPSA) is 84.9 Å². The van der Waals surface area contributed by atoms with Crippen molar-refractivity contribution in [2.24, 2.45) is 17.8 Å². The van der Waals surface area contributed by atoms with E-state index in [1.165, 1.54) is 11.1 Å². The summed E-state index contributed by atoms with van der Waals surface area (Å²) in [6.07, 6.45) is 9.23. The van der Waals surface area contributed by atoms with Gasteiger partial charge in [-0.25, -0.2) is 4.21 Å². The number of aryl methyl sites for hydroxylation is 1. The summed E-state index contributed by atoms with van der Waals surface area (Å²) in [5.41, 5.74) is 2.69. The largest absolute Gasteiger partial charge is 0.491 e. The predicted octanol–water partition coefficient (Wildman–Crippen LogP) is 6.26. The summed E-state index contributed by atoms with van der Waals surface area (Å²) in [5, 5.41) is 0.436. The number of carbonyl (C=O) groups excluding carboxylic acids is 2. The third kappa shape index (κ3) is 6.57. The van der Waals surface area contributed by atoms with Gasteiger partial charge in [0, 0.05) is 42.6 Å². The van der Waals surface area contributed by atoms with Crippen molar-refractivity contribution in [2.75, 3.05) is 31.7 Å². The molecule has 2 aromatic carbocycles. The van der Waals surface area contributed by atoms with Gasteiger partial charge in [0.25, 0.3) is 5.91 Å². The lowest BCUT2D eigenvalue weighted by atomic mass is 9.64. The first-order chi connectivity index (χ1) is 20.7. The molecule has 1 aliphatic carbocycles. The van der Waals surface area contributed by atoms with Gasteiger partial charge in [-0.05, 0) is 92.0 Å². The number of rotatable bonds is 5. The van der Waals surface area contributed by atoms with Gasteiger partial charge < -0.3 is 14.4 Å². The van der Waals surface area contributed by atoms with Crippen molar-refractivity contribution < 1.29 is 23.3 Å². The molecule has 232 valence electrons. The fourth-order valence-electron chi connectivity index (χ4n) is 6.75. The van der Waals surface area contributed by atoms with E-state index in [4.69, 9.17) is 21.1 Å². The van der Waals surface area contributed by atoms with Crippen molar-refractivity contribution in [1.82, 2.24) is 4.72 Å². The van der Waals surface area contributed by atoms with Crippen LogP contribution < -0.4 is 14.4 Å². The average molecular weight is 627 g/mol. The summed E-state index contributed by atoms with van der Waals surface area (Å²) in [7, 11) is 0.0232. The van der Waals surface area contributed by atoms with Crippen LogP contribution in [0.1, 0.15) is 73.9 Å². The minimum absolute atomic E-state index is 0.0158. The minimum Gasteiger partial charge on any atom is -0.491 e. The number of amides is 1. The van der Waals surface area contributed by atoms with Gasteiger partial charge in [-0.2, -0.15) is 0 Å². The molecule has 5 rings (SSSR count). The monoisotopic (exact) mass is 626 g/mol. The first-order valence-corrected chi connectivity index (χ1v) is 17.0. The molecule has 2 aliphatic heterocycles. The number of carbonyl (C=O) groups is 2. The molecule has 2 aromatic rings. The highest BCUT2D eigenvalue weighted by Crippen LogP contribution is 2.46. The quantitative estimate of drug-likeness (QED) is 0.311. The molecule has 2 heterocycles. The van der Waals surface area contributed by atoms with Gasteiger partial charge in [-0.1, -0.05) is 44.0 Å². The number of hydrogen-bond donors (Lipinski definition) is 1. The fourth-order valence-corrected chi connectivity index (χ4v) is 7.96. The molecule has 7 atom stereocenters. The van der Waals surface area contributed by atoms with Gasteiger partial charge in [0.2, 0.25) is 0 Å². The number of methoxy groups -OCH3 is 1. The van der Waals surface area contributed by atoms with E-state index in [9.17, 15) is 13.8 Å². The van der Waals surface area contributed by atoms with Crippen molar-refractivity contribution >= 4 is 40.5 Å². The van der Waals surface area contributed by atoms with E-state index in [0.29, 0.717) is 37.4 Å². The fraction of sp³-hybridized carbons (Fsp3) is 0.529. The Morgan fingerprint density at radius 3 is 2.70 bits per heavy atom. The van der Waals surface area contributed by atoms with Crippen molar-refractivity contribution in [2.45, 2.75) is 69.6 Å². The Kier molecular flexibility index (Phi) is 9.99. The normalized spacial score (nSPS) is 31.9. The molecular weight excluding hydrogens is 584 g/mol. The summed E-state index contributed by atoms with van der Waals surface area (Å²) in [5.74, 6) is 0.647. The van der Waals surface area contributed by atoms with Crippen LogP contribution in [0.3, 0.4) is 0 Å². The average Bonchev–Trinajstić information content (AvgIpc) is 3.17. The maximum absolute atomic E-state index is 13.3. The maximum Gasteiger partial charge on any atom is 0.263 e.